The van der Waals surface area contributed by atoms with Crippen molar-refractivity contribution in [3.8, 4) is 11.5 Å². The van der Waals surface area contributed by atoms with Crippen LogP contribution >= 0.6 is 0 Å². The lowest BCUT2D eigenvalue weighted by molar-refractivity contribution is -0.384. The zero-order valence-electron chi connectivity index (χ0n) is 16.1. The van der Waals surface area contributed by atoms with Gasteiger partial charge in [-0.15, -0.1) is 0 Å². The van der Waals surface area contributed by atoms with Crippen molar-refractivity contribution in [3.63, 3.8) is 0 Å². The van der Waals surface area contributed by atoms with Crippen LogP contribution in [-0.2, 0) is 14.3 Å². The van der Waals surface area contributed by atoms with Crippen molar-refractivity contribution in [3.05, 3.63) is 64.2 Å². The molecule has 1 atom stereocenters. The Morgan fingerprint density at radius 3 is 2.38 bits per heavy atom. The number of carbonyl (C=O) groups is 2. The van der Waals surface area contributed by atoms with Gasteiger partial charge in [-0.25, -0.2) is 4.79 Å². The minimum Gasteiger partial charge on any atom is -0.497 e. The Labute approximate surface area is 167 Å². The van der Waals surface area contributed by atoms with Crippen LogP contribution in [0.3, 0.4) is 0 Å². The lowest BCUT2D eigenvalue weighted by atomic mass is 10.2. The molecule has 2 rings (SSSR count). The number of methoxy groups -OCH3 is 2. The zero-order valence-corrected chi connectivity index (χ0v) is 16.1. The lowest BCUT2D eigenvalue weighted by Crippen LogP contribution is -2.29. The van der Waals surface area contributed by atoms with Crippen molar-refractivity contribution in [2.45, 2.75) is 13.0 Å². The Balaban J connectivity index is 1.96. The number of esters is 1. The maximum atomic E-state index is 12.3. The summed E-state index contributed by atoms with van der Waals surface area (Å²) in [4.78, 5) is 34.4. The largest absolute Gasteiger partial charge is 0.497 e. The normalized spacial score (nSPS) is 11.6. The van der Waals surface area contributed by atoms with Gasteiger partial charge in [-0.05, 0) is 36.8 Å². The van der Waals surface area contributed by atoms with E-state index in [0.717, 1.165) is 5.56 Å². The van der Waals surface area contributed by atoms with Gasteiger partial charge in [-0.2, -0.15) is 0 Å². The van der Waals surface area contributed by atoms with Crippen LogP contribution in [0.15, 0.2) is 48.5 Å². The van der Waals surface area contributed by atoms with Crippen molar-refractivity contribution in [1.82, 2.24) is 0 Å². The second-order valence-corrected chi connectivity index (χ2v) is 5.82. The average molecular weight is 400 g/mol. The van der Waals surface area contributed by atoms with Crippen molar-refractivity contribution in [2.24, 2.45) is 0 Å². The number of non-ortho nitro benzene ring substituents is 1. The molecule has 2 aromatic carbocycles. The number of nitrogens with one attached hydrogen (secondary N) is 1. The summed E-state index contributed by atoms with van der Waals surface area (Å²) in [6.45, 7) is 1.41. The Bertz CT molecular complexity index is 923. The molecule has 9 heteroatoms. The van der Waals surface area contributed by atoms with E-state index in [2.05, 4.69) is 5.32 Å². The topological polar surface area (TPSA) is 117 Å². The van der Waals surface area contributed by atoms with Crippen LogP contribution in [0.4, 0.5) is 11.4 Å². The van der Waals surface area contributed by atoms with E-state index in [1.54, 1.807) is 37.5 Å². The summed E-state index contributed by atoms with van der Waals surface area (Å²) in [5.74, 6) is -0.496. The summed E-state index contributed by atoms with van der Waals surface area (Å²) in [5, 5.41) is 13.3. The number of nitro benzene ring substituents is 1. The number of nitrogens with zero attached hydrogens (tertiary/aromatic N) is 1. The van der Waals surface area contributed by atoms with Crippen LogP contribution in [0.2, 0.25) is 0 Å². The first-order valence-electron chi connectivity index (χ1n) is 8.50. The average Bonchev–Trinajstić information content (AvgIpc) is 2.72. The van der Waals surface area contributed by atoms with Crippen molar-refractivity contribution in [2.75, 3.05) is 19.5 Å². The molecule has 0 aliphatic rings. The molecule has 0 unspecified atom stereocenters. The number of benzene rings is 2. The molecule has 0 saturated carbocycles. The molecule has 0 fully saturated rings. The van der Waals surface area contributed by atoms with E-state index in [-0.39, 0.29) is 17.1 Å². The van der Waals surface area contributed by atoms with E-state index >= 15 is 0 Å². The van der Waals surface area contributed by atoms with Crippen LogP contribution < -0.4 is 14.8 Å². The van der Waals surface area contributed by atoms with Gasteiger partial charge in [0.05, 0.1) is 30.9 Å². The summed E-state index contributed by atoms with van der Waals surface area (Å²) in [5.41, 5.74) is 0.804. The van der Waals surface area contributed by atoms with Crippen molar-refractivity contribution in [1.29, 1.82) is 0 Å². The summed E-state index contributed by atoms with van der Waals surface area (Å²) in [6.07, 6.45) is 1.66. The van der Waals surface area contributed by atoms with E-state index in [4.69, 9.17) is 14.2 Å². The Morgan fingerprint density at radius 1 is 1.10 bits per heavy atom. The molecule has 0 aromatic heterocycles. The molecule has 0 heterocycles. The molecular formula is C20H20N2O7. The van der Waals surface area contributed by atoms with Gasteiger partial charge in [-0.1, -0.05) is 12.1 Å². The monoisotopic (exact) mass is 400 g/mol. The highest BCUT2D eigenvalue weighted by Gasteiger charge is 2.19. The van der Waals surface area contributed by atoms with E-state index in [1.807, 2.05) is 0 Å². The number of ether oxygens (including phenoxy) is 3. The zero-order chi connectivity index (χ0) is 21.4. The van der Waals surface area contributed by atoms with Gasteiger partial charge in [0.25, 0.3) is 11.6 Å². The van der Waals surface area contributed by atoms with E-state index < -0.39 is 22.9 Å². The van der Waals surface area contributed by atoms with E-state index in [1.165, 1.54) is 38.3 Å². The predicted molar refractivity (Wildman–Crippen MR) is 106 cm³/mol. The molecule has 2 aromatic rings. The molecule has 29 heavy (non-hydrogen) atoms. The van der Waals surface area contributed by atoms with Gasteiger partial charge in [-0.3, -0.25) is 14.9 Å². The van der Waals surface area contributed by atoms with Gasteiger partial charge in [0.15, 0.2) is 6.10 Å². The van der Waals surface area contributed by atoms with Gasteiger partial charge in [0, 0.05) is 12.1 Å². The second kappa shape index (κ2) is 9.88. The Hall–Kier alpha value is -3.88. The Morgan fingerprint density at radius 2 is 1.79 bits per heavy atom. The van der Waals surface area contributed by atoms with Crippen LogP contribution in [0.25, 0.3) is 6.08 Å². The van der Waals surface area contributed by atoms with E-state index in [9.17, 15) is 19.7 Å². The van der Waals surface area contributed by atoms with Gasteiger partial charge in [0.1, 0.15) is 11.5 Å². The minimum absolute atomic E-state index is 0.116. The van der Waals surface area contributed by atoms with Crippen LogP contribution in [0, 0.1) is 10.1 Å². The number of carbonyl (C=O) groups excluding carboxylic acids is 2. The van der Waals surface area contributed by atoms with Crippen LogP contribution in [-0.4, -0.2) is 37.1 Å². The summed E-state index contributed by atoms with van der Waals surface area (Å²) in [7, 11) is 2.88. The number of rotatable bonds is 8. The molecule has 0 radical (unpaired) electrons. The number of amides is 1. The van der Waals surface area contributed by atoms with Crippen LogP contribution in [0.5, 0.6) is 11.5 Å². The molecule has 152 valence electrons. The van der Waals surface area contributed by atoms with Crippen molar-refractivity contribution < 1.29 is 28.7 Å². The molecule has 0 spiro atoms. The maximum Gasteiger partial charge on any atom is 0.331 e. The highest BCUT2D eigenvalue weighted by atomic mass is 16.6. The highest BCUT2D eigenvalue weighted by Crippen LogP contribution is 2.29. The third-order valence-corrected chi connectivity index (χ3v) is 3.84. The number of hydrogen-bond donors (Lipinski definition) is 1. The molecule has 9 nitrogen and oxygen atoms in total. The second-order valence-electron chi connectivity index (χ2n) is 5.82. The van der Waals surface area contributed by atoms with Gasteiger partial charge in [0.2, 0.25) is 0 Å². The predicted octanol–water partition coefficient (Wildman–Crippen LogP) is 3.20. The molecule has 0 bridgehead atoms. The first-order valence-corrected chi connectivity index (χ1v) is 8.50. The Kier molecular flexibility index (Phi) is 7.30. The number of nitro groups is 1. The SMILES string of the molecule is COc1ccc(/C=C/C(=O)O[C@@H](C)C(=O)Nc2ccc([N+](=O)[O-])cc2OC)cc1. The molecule has 1 N–H and O–H groups in total. The first kappa shape index (κ1) is 21.4. The highest BCUT2D eigenvalue weighted by molar-refractivity contribution is 5.97. The first-order chi connectivity index (χ1) is 13.8. The third kappa shape index (κ3) is 6.06. The maximum absolute atomic E-state index is 12.3. The summed E-state index contributed by atoms with van der Waals surface area (Å²) < 4.78 is 15.2. The fraction of sp³-hybridized carbons (Fsp3) is 0.200. The number of hydrogen-bond acceptors (Lipinski definition) is 7. The molecule has 0 aliphatic heterocycles. The number of anilines is 1. The quantitative estimate of drug-likeness (QED) is 0.313. The van der Waals surface area contributed by atoms with Crippen LogP contribution in [0.1, 0.15) is 12.5 Å². The third-order valence-electron chi connectivity index (χ3n) is 3.84. The molecule has 1 amide bonds. The molecule has 0 saturated heterocycles. The minimum atomic E-state index is -1.09. The van der Waals surface area contributed by atoms with E-state index in [0.29, 0.717) is 5.75 Å². The van der Waals surface area contributed by atoms with Crippen molar-refractivity contribution >= 4 is 29.3 Å². The molecule has 0 aliphatic carbocycles. The van der Waals surface area contributed by atoms with Gasteiger partial charge >= 0.3 is 5.97 Å². The smallest absolute Gasteiger partial charge is 0.331 e. The summed E-state index contributed by atoms with van der Waals surface area (Å²) in [6, 6.07) is 10.8. The lowest BCUT2D eigenvalue weighted by Gasteiger charge is -2.14. The summed E-state index contributed by atoms with van der Waals surface area (Å²) >= 11 is 0. The standard InChI is InChI=1S/C20H20N2O7/c1-13(29-19(23)11-6-14-4-8-16(27-2)9-5-14)20(24)21-17-10-7-15(22(25)26)12-18(17)28-3/h4-13H,1-3H3,(H,21,24)/b11-6+/t13-/m0/s1. The molecular weight excluding hydrogens is 380 g/mol. The fourth-order valence-electron chi connectivity index (χ4n) is 2.28. The fourth-order valence-corrected chi connectivity index (χ4v) is 2.28. The van der Waals surface area contributed by atoms with Gasteiger partial charge < -0.3 is 19.5 Å².